The second-order valence-corrected chi connectivity index (χ2v) is 4.89. The molecule has 1 aromatic carbocycles. The molecule has 0 saturated heterocycles. The van der Waals surface area contributed by atoms with E-state index < -0.39 is 0 Å². The summed E-state index contributed by atoms with van der Waals surface area (Å²) in [5.74, 6) is 0.558. The van der Waals surface area contributed by atoms with E-state index in [0.717, 1.165) is 5.52 Å². The van der Waals surface area contributed by atoms with Crippen molar-refractivity contribution >= 4 is 16.5 Å². The number of phenols is 1. The van der Waals surface area contributed by atoms with Gasteiger partial charge in [0.15, 0.2) is 5.76 Å². The summed E-state index contributed by atoms with van der Waals surface area (Å²) in [4.78, 5) is 4.35. The maximum Gasteiger partial charge on any atom is 0.155 e. The molecule has 3 aromatic heterocycles. The first-order chi connectivity index (χ1) is 10.7. The molecule has 0 spiro atoms. The molecule has 0 bridgehead atoms. The molecular weight excluding hydrogens is 282 g/mol. The second kappa shape index (κ2) is 4.63. The molecular formula is C16H11N3O3. The molecule has 6 nitrogen and oxygen atoms in total. The predicted molar refractivity (Wildman–Crippen MR) is 79.4 cm³/mol. The van der Waals surface area contributed by atoms with Crippen molar-refractivity contribution in [1.29, 1.82) is 0 Å². The van der Waals surface area contributed by atoms with Crippen LogP contribution in [0.5, 0.6) is 5.75 Å². The fraction of sp³-hybridized carbons (Fsp3) is 0. The lowest BCUT2D eigenvalue weighted by atomic mass is 10.2. The minimum atomic E-state index is 0.0769. The van der Waals surface area contributed by atoms with E-state index in [0.29, 0.717) is 27.8 Å². The Kier molecular flexibility index (Phi) is 2.62. The van der Waals surface area contributed by atoms with Crippen molar-refractivity contribution in [3.8, 4) is 17.2 Å². The van der Waals surface area contributed by atoms with E-state index in [1.165, 1.54) is 12.1 Å². The van der Waals surface area contributed by atoms with Gasteiger partial charge in [-0.2, -0.15) is 0 Å². The molecule has 6 heteroatoms. The molecule has 2 N–H and O–H groups in total. The third-order valence-electron chi connectivity index (χ3n) is 3.50. The summed E-state index contributed by atoms with van der Waals surface area (Å²) < 4.78 is 7.71. The van der Waals surface area contributed by atoms with Gasteiger partial charge in [0, 0.05) is 17.8 Å². The molecule has 3 heterocycles. The Labute approximate surface area is 124 Å². The molecule has 0 saturated carbocycles. The second-order valence-electron chi connectivity index (χ2n) is 4.89. The molecule has 0 radical (unpaired) electrons. The topological polar surface area (TPSA) is 83.3 Å². The maximum atomic E-state index is 9.55. The van der Waals surface area contributed by atoms with Crippen molar-refractivity contribution in [1.82, 2.24) is 9.38 Å². The van der Waals surface area contributed by atoms with E-state index in [9.17, 15) is 10.3 Å². The number of hydrogen-bond acceptors (Lipinski definition) is 5. The molecule has 0 fully saturated rings. The number of nitrogens with zero attached hydrogens (tertiary/aromatic N) is 3. The minimum Gasteiger partial charge on any atom is -0.508 e. The largest absolute Gasteiger partial charge is 0.508 e. The van der Waals surface area contributed by atoms with Crippen LogP contribution in [0.4, 0.5) is 0 Å². The first kappa shape index (κ1) is 12.5. The zero-order valence-electron chi connectivity index (χ0n) is 11.3. The van der Waals surface area contributed by atoms with Gasteiger partial charge in [0.25, 0.3) is 0 Å². The van der Waals surface area contributed by atoms with Gasteiger partial charge in [-0.25, -0.2) is 4.98 Å². The van der Waals surface area contributed by atoms with Gasteiger partial charge in [-0.05, 0) is 36.4 Å². The summed E-state index contributed by atoms with van der Waals surface area (Å²) in [5, 5.41) is 22.9. The molecule has 4 aromatic rings. The van der Waals surface area contributed by atoms with Gasteiger partial charge in [-0.1, -0.05) is 5.16 Å². The summed E-state index contributed by atoms with van der Waals surface area (Å²) in [7, 11) is 0. The highest BCUT2D eigenvalue weighted by Gasteiger charge is 2.09. The minimum absolute atomic E-state index is 0.0769. The van der Waals surface area contributed by atoms with Crippen LogP contribution in [0, 0.1) is 0 Å². The van der Waals surface area contributed by atoms with E-state index in [-0.39, 0.29) is 5.75 Å². The average Bonchev–Trinajstić information content (AvgIpc) is 3.01. The Morgan fingerprint density at radius 3 is 2.91 bits per heavy atom. The number of fused-ring (bicyclic) bond motifs is 2. The van der Waals surface area contributed by atoms with Crippen LogP contribution in [0.2, 0.25) is 0 Å². The molecule has 4 rings (SSSR count). The van der Waals surface area contributed by atoms with Crippen molar-refractivity contribution < 1.29 is 14.7 Å². The number of rotatable bonds is 1. The fourth-order valence-electron chi connectivity index (χ4n) is 2.44. The van der Waals surface area contributed by atoms with Crippen molar-refractivity contribution in [3.05, 3.63) is 60.3 Å². The van der Waals surface area contributed by atoms with Crippen LogP contribution >= 0.6 is 0 Å². The Morgan fingerprint density at radius 1 is 1.14 bits per heavy atom. The normalized spacial score (nSPS) is 12.3. The number of benzene rings is 1. The van der Waals surface area contributed by atoms with Crippen LogP contribution in [0.3, 0.4) is 0 Å². The van der Waals surface area contributed by atoms with Crippen LogP contribution in [-0.2, 0) is 0 Å². The first-order valence-electron chi connectivity index (χ1n) is 6.63. The molecule has 22 heavy (non-hydrogen) atoms. The van der Waals surface area contributed by atoms with Gasteiger partial charge in [0.2, 0.25) is 0 Å². The third kappa shape index (κ3) is 1.89. The van der Waals surface area contributed by atoms with Gasteiger partial charge in [0.1, 0.15) is 22.4 Å². The zero-order chi connectivity index (χ0) is 15.1. The third-order valence-corrected chi connectivity index (χ3v) is 3.50. The average molecular weight is 293 g/mol. The lowest BCUT2D eigenvalue weighted by Crippen LogP contribution is -2.03. The lowest BCUT2D eigenvalue weighted by Gasteiger charge is -2.05. The van der Waals surface area contributed by atoms with E-state index in [4.69, 9.17) is 4.42 Å². The van der Waals surface area contributed by atoms with Gasteiger partial charge in [-0.3, -0.25) is 0 Å². The van der Waals surface area contributed by atoms with E-state index in [1.807, 2.05) is 28.8 Å². The summed E-state index contributed by atoms with van der Waals surface area (Å²) in [6.45, 7) is 0. The predicted octanol–water partition coefficient (Wildman–Crippen LogP) is 2.74. The van der Waals surface area contributed by atoms with Crippen molar-refractivity contribution in [2.24, 2.45) is 5.16 Å². The summed E-state index contributed by atoms with van der Waals surface area (Å²) in [6.07, 6.45) is 3.60. The lowest BCUT2D eigenvalue weighted by molar-refractivity contribution is 0.302. The monoisotopic (exact) mass is 293 g/mol. The highest BCUT2D eigenvalue weighted by Crippen LogP contribution is 2.23. The number of aromatic nitrogens is 2. The van der Waals surface area contributed by atoms with Crippen LogP contribution < -0.4 is 5.36 Å². The highest BCUT2D eigenvalue weighted by molar-refractivity contribution is 5.79. The van der Waals surface area contributed by atoms with Gasteiger partial charge >= 0.3 is 0 Å². The van der Waals surface area contributed by atoms with E-state index >= 15 is 0 Å². The Hall–Kier alpha value is -3.28. The molecule has 0 aliphatic heterocycles. The van der Waals surface area contributed by atoms with E-state index in [2.05, 4.69) is 10.1 Å². The van der Waals surface area contributed by atoms with Gasteiger partial charge in [-0.15, -0.1) is 0 Å². The van der Waals surface area contributed by atoms with Gasteiger partial charge < -0.3 is 19.1 Å². The van der Waals surface area contributed by atoms with Crippen molar-refractivity contribution in [2.75, 3.05) is 0 Å². The molecule has 0 amide bonds. The number of hydrogen-bond donors (Lipinski definition) is 2. The summed E-state index contributed by atoms with van der Waals surface area (Å²) in [5.41, 5.74) is 2.11. The molecule has 0 unspecified atom stereocenters. The summed E-state index contributed by atoms with van der Waals surface area (Å²) in [6, 6.07) is 12.0. The zero-order valence-corrected chi connectivity index (χ0v) is 11.3. The SMILES string of the molecule is ON=c1cc(-c2cc3cccn3cn2)oc2ccc(O)cc12. The Bertz CT molecular complexity index is 1060. The molecule has 0 aliphatic rings. The Morgan fingerprint density at radius 2 is 2.05 bits per heavy atom. The highest BCUT2D eigenvalue weighted by atomic mass is 16.4. The fourth-order valence-corrected chi connectivity index (χ4v) is 2.44. The smallest absolute Gasteiger partial charge is 0.155 e. The quantitative estimate of drug-likeness (QED) is 0.417. The number of phenolic OH excluding ortho intramolecular Hbond substituents is 1. The van der Waals surface area contributed by atoms with Crippen LogP contribution in [0.15, 0.2) is 64.6 Å². The summed E-state index contributed by atoms with van der Waals surface area (Å²) >= 11 is 0. The Balaban J connectivity index is 2.00. The number of aromatic hydroxyl groups is 1. The molecule has 0 aliphatic carbocycles. The molecule has 108 valence electrons. The van der Waals surface area contributed by atoms with Crippen molar-refractivity contribution in [2.45, 2.75) is 0 Å². The molecule has 0 atom stereocenters. The van der Waals surface area contributed by atoms with E-state index in [1.54, 1.807) is 18.5 Å². The van der Waals surface area contributed by atoms with Crippen LogP contribution in [0.1, 0.15) is 0 Å². The van der Waals surface area contributed by atoms with Crippen LogP contribution in [0.25, 0.3) is 27.9 Å². The standard InChI is InChI=1S/C16H11N3O3/c20-11-3-4-15-12(7-11)13(18-21)8-16(22-15)14-6-10-2-1-5-19(10)9-17-14/h1-9,20-21H. The maximum absolute atomic E-state index is 9.55. The first-order valence-corrected chi connectivity index (χ1v) is 6.63. The van der Waals surface area contributed by atoms with Gasteiger partial charge in [0.05, 0.1) is 11.7 Å². The van der Waals surface area contributed by atoms with Crippen LogP contribution in [-0.4, -0.2) is 19.7 Å². The van der Waals surface area contributed by atoms with Crippen molar-refractivity contribution in [3.63, 3.8) is 0 Å².